The van der Waals surface area contributed by atoms with Crippen molar-refractivity contribution in [1.82, 2.24) is 0 Å². The lowest BCUT2D eigenvalue weighted by atomic mass is 10.2. The highest BCUT2D eigenvalue weighted by atomic mass is 79.9. The lowest BCUT2D eigenvalue weighted by molar-refractivity contribution is -0.122. The van der Waals surface area contributed by atoms with Gasteiger partial charge in [0.25, 0.3) is 0 Å². The molecule has 1 aliphatic rings. The van der Waals surface area contributed by atoms with E-state index in [4.69, 9.17) is 4.74 Å². The molecule has 0 aliphatic carbocycles. The Balaban J connectivity index is 1.57. The SMILES string of the molecule is Cc1cc(NC(=O)CCC(=O)N2CCOc3ccccc32)ccc1Br. The first-order chi connectivity index (χ1) is 12.0. The number of nitrogens with one attached hydrogen (secondary N) is 1. The summed E-state index contributed by atoms with van der Waals surface area (Å²) in [5, 5.41) is 2.83. The largest absolute Gasteiger partial charge is 0.490 e. The third-order valence-electron chi connectivity index (χ3n) is 4.04. The molecule has 3 rings (SSSR count). The summed E-state index contributed by atoms with van der Waals surface area (Å²) in [6, 6.07) is 13.1. The van der Waals surface area contributed by atoms with Crippen LogP contribution in [0.5, 0.6) is 5.75 Å². The summed E-state index contributed by atoms with van der Waals surface area (Å²) in [5.41, 5.74) is 2.54. The summed E-state index contributed by atoms with van der Waals surface area (Å²) in [6.07, 6.45) is 0.309. The number of amides is 2. The maximum atomic E-state index is 12.5. The Morgan fingerprint density at radius 3 is 2.80 bits per heavy atom. The van der Waals surface area contributed by atoms with E-state index in [2.05, 4.69) is 21.2 Å². The van der Waals surface area contributed by atoms with Gasteiger partial charge in [0.05, 0.1) is 12.2 Å². The van der Waals surface area contributed by atoms with E-state index in [1.807, 2.05) is 49.4 Å². The molecule has 0 aromatic heterocycles. The van der Waals surface area contributed by atoms with Gasteiger partial charge >= 0.3 is 0 Å². The van der Waals surface area contributed by atoms with E-state index in [0.717, 1.165) is 21.4 Å². The molecule has 0 saturated heterocycles. The molecule has 0 unspecified atom stereocenters. The minimum absolute atomic E-state index is 0.0714. The molecule has 0 spiro atoms. The average molecular weight is 403 g/mol. The van der Waals surface area contributed by atoms with E-state index in [1.54, 1.807) is 4.90 Å². The summed E-state index contributed by atoms with van der Waals surface area (Å²) >= 11 is 3.43. The third kappa shape index (κ3) is 4.20. The number of aryl methyl sites for hydroxylation is 1. The third-order valence-corrected chi connectivity index (χ3v) is 4.93. The lowest BCUT2D eigenvalue weighted by Crippen LogP contribution is -2.38. The van der Waals surface area contributed by atoms with Crippen molar-refractivity contribution in [3.8, 4) is 5.75 Å². The second kappa shape index (κ2) is 7.70. The maximum Gasteiger partial charge on any atom is 0.227 e. The molecule has 0 bridgehead atoms. The Kier molecular flexibility index (Phi) is 5.38. The van der Waals surface area contributed by atoms with Crippen LogP contribution in [0, 0.1) is 6.92 Å². The summed E-state index contributed by atoms with van der Waals surface area (Å²) < 4.78 is 6.54. The minimum Gasteiger partial charge on any atom is -0.490 e. The van der Waals surface area contributed by atoms with Gasteiger partial charge in [-0.1, -0.05) is 28.1 Å². The fraction of sp³-hybridized carbons (Fsp3) is 0.263. The second-order valence-corrected chi connectivity index (χ2v) is 6.73. The average Bonchev–Trinajstić information content (AvgIpc) is 2.62. The highest BCUT2D eigenvalue weighted by Gasteiger charge is 2.23. The highest BCUT2D eigenvalue weighted by Crippen LogP contribution is 2.31. The molecule has 5 nitrogen and oxygen atoms in total. The van der Waals surface area contributed by atoms with Crippen LogP contribution in [0.2, 0.25) is 0 Å². The molecule has 2 aromatic rings. The Labute approximate surface area is 155 Å². The molecule has 25 heavy (non-hydrogen) atoms. The molecular formula is C19H19BrN2O3. The van der Waals surface area contributed by atoms with Crippen LogP contribution in [0.15, 0.2) is 46.9 Å². The number of halogens is 1. The van der Waals surface area contributed by atoms with Crippen molar-refractivity contribution in [3.05, 3.63) is 52.5 Å². The van der Waals surface area contributed by atoms with Crippen LogP contribution >= 0.6 is 15.9 Å². The zero-order valence-corrected chi connectivity index (χ0v) is 15.5. The van der Waals surface area contributed by atoms with Gasteiger partial charge in [0.1, 0.15) is 12.4 Å². The van der Waals surface area contributed by atoms with Gasteiger partial charge in [0, 0.05) is 23.0 Å². The van der Waals surface area contributed by atoms with Crippen LogP contribution in [-0.2, 0) is 9.59 Å². The van der Waals surface area contributed by atoms with Gasteiger partial charge in [-0.15, -0.1) is 0 Å². The molecule has 130 valence electrons. The van der Waals surface area contributed by atoms with Gasteiger partial charge in [-0.2, -0.15) is 0 Å². The van der Waals surface area contributed by atoms with Crippen LogP contribution in [0.25, 0.3) is 0 Å². The van der Waals surface area contributed by atoms with Crippen molar-refractivity contribution in [2.45, 2.75) is 19.8 Å². The number of hydrogen-bond donors (Lipinski definition) is 1. The van der Waals surface area contributed by atoms with Crippen LogP contribution in [-0.4, -0.2) is 25.0 Å². The Morgan fingerprint density at radius 2 is 2.00 bits per heavy atom. The molecule has 0 atom stereocenters. The number of fused-ring (bicyclic) bond motifs is 1. The molecule has 2 aromatic carbocycles. The number of rotatable bonds is 4. The van der Waals surface area contributed by atoms with Crippen molar-refractivity contribution in [1.29, 1.82) is 0 Å². The van der Waals surface area contributed by atoms with Crippen LogP contribution in [0.3, 0.4) is 0 Å². The maximum absolute atomic E-state index is 12.5. The summed E-state index contributed by atoms with van der Waals surface area (Å²) in [5.74, 6) is 0.464. The van der Waals surface area contributed by atoms with E-state index < -0.39 is 0 Å². The molecule has 0 fully saturated rings. The first kappa shape index (κ1) is 17.5. The summed E-state index contributed by atoms with van der Waals surface area (Å²) in [7, 11) is 0. The first-order valence-electron chi connectivity index (χ1n) is 8.13. The minimum atomic E-state index is -0.170. The van der Waals surface area contributed by atoms with E-state index in [1.165, 1.54) is 0 Å². The van der Waals surface area contributed by atoms with Gasteiger partial charge in [-0.25, -0.2) is 0 Å². The predicted octanol–water partition coefficient (Wildman–Crippen LogP) is 3.90. The van der Waals surface area contributed by atoms with Gasteiger partial charge in [-0.3, -0.25) is 9.59 Å². The summed E-state index contributed by atoms with van der Waals surface area (Å²) in [4.78, 5) is 26.3. The second-order valence-electron chi connectivity index (χ2n) is 5.87. The van der Waals surface area contributed by atoms with Gasteiger partial charge < -0.3 is 15.0 Å². The molecule has 1 aliphatic heterocycles. The Hall–Kier alpha value is -2.34. The fourth-order valence-electron chi connectivity index (χ4n) is 2.73. The van der Waals surface area contributed by atoms with Crippen LogP contribution in [0.4, 0.5) is 11.4 Å². The van der Waals surface area contributed by atoms with E-state index in [0.29, 0.717) is 18.9 Å². The molecule has 1 heterocycles. The standard InChI is InChI=1S/C19H19BrN2O3/c1-13-12-14(6-7-15(13)20)21-18(23)8-9-19(24)22-10-11-25-17-5-3-2-4-16(17)22/h2-7,12H,8-11H2,1H3,(H,21,23). The number of hydrogen-bond acceptors (Lipinski definition) is 3. The van der Waals surface area contributed by atoms with Crippen molar-refractivity contribution in [3.63, 3.8) is 0 Å². The monoisotopic (exact) mass is 402 g/mol. The van der Waals surface area contributed by atoms with Crippen molar-refractivity contribution >= 4 is 39.1 Å². The quantitative estimate of drug-likeness (QED) is 0.843. The van der Waals surface area contributed by atoms with Crippen molar-refractivity contribution in [2.24, 2.45) is 0 Å². The Bertz CT molecular complexity index is 807. The topological polar surface area (TPSA) is 58.6 Å². The van der Waals surface area contributed by atoms with Crippen molar-refractivity contribution in [2.75, 3.05) is 23.4 Å². The molecule has 1 N–H and O–H groups in total. The molecule has 2 amide bonds. The van der Waals surface area contributed by atoms with Gasteiger partial charge in [0.2, 0.25) is 11.8 Å². The predicted molar refractivity (Wildman–Crippen MR) is 101 cm³/mol. The normalized spacial score (nSPS) is 13.0. The lowest BCUT2D eigenvalue weighted by Gasteiger charge is -2.29. The number of nitrogens with zero attached hydrogens (tertiary/aromatic N) is 1. The van der Waals surface area contributed by atoms with E-state index >= 15 is 0 Å². The number of benzene rings is 2. The number of anilines is 2. The number of ether oxygens (including phenoxy) is 1. The number of carbonyl (C=O) groups excluding carboxylic acids is 2. The number of para-hydroxylation sites is 2. The molecule has 0 radical (unpaired) electrons. The zero-order valence-electron chi connectivity index (χ0n) is 13.9. The smallest absolute Gasteiger partial charge is 0.227 e. The van der Waals surface area contributed by atoms with Gasteiger partial charge in [0.15, 0.2) is 0 Å². The molecule has 0 saturated carbocycles. The number of carbonyl (C=O) groups is 2. The zero-order chi connectivity index (χ0) is 17.8. The van der Waals surface area contributed by atoms with Gasteiger partial charge in [-0.05, 0) is 42.8 Å². The van der Waals surface area contributed by atoms with Crippen LogP contribution in [0.1, 0.15) is 18.4 Å². The summed E-state index contributed by atoms with van der Waals surface area (Å²) in [6.45, 7) is 2.93. The van der Waals surface area contributed by atoms with Crippen molar-refractivity contribution < 1.29 is 14.3 Å². The van der Waals surface area contributed by atoms with Crippen LogP contribution < -0.4 is 15.0 Å². The Morgan fingerprint density at radius 1 is 1.20 bits per heavy atom. The van der Waals surface area contributed by atoms with E-state index in [-0.39, 0.29) is 24.7 Å². The molecule has 6 heteroatoms. The van der Waals surface area contributed by atoms with E-state index in [9.17, 15) is 9.59 Å². The first-order valence-corrected chi connectivity index (χ1v) is 8.92. The fourth-order valence-corrected chi connectivity index (χ4v) is 2.98. The molecular weight excluding hydrogens is 384 g/mol. The highest BCUT2D eigenvalue weighted by molar-refractivity contribution is 9.10.